The van der Waals surface area contributed by atoms with E-state index >= 15 is 0 Å². The number of aliphatic hydroxyl groups is 1. The van der Waals surface area contributed by atoms with Gasteiger partial charge in [0.15, 0.2) is 6.61 Å². The van der Waals surface area contributed by atoms with Gasteiger partial charge < -0.3 is 19.5 Å². The standard InChI is InChI=1S/C12H13NO4/c1-13-9-4-8(12(15)6-16-7-12)2-3-10(9)17-5-11(13)14/h2-4,15H,5-7H2,1H3. The maximum atomic E-state index is 11.5. The number of fused-ring (bicyclic) bond motifs is 1. The van der Waals surface area contributed by atoms with Gasteiger partial charge >= 0.3 is 0 Å². The number of benzene rings is 1. The van der Waals surface area contributed by atoms with Crippen molar-refractivity contribution in [3.8, 4) is 5.75 Å². The third kappa shape index (κ3) is 1.50. The third-order valence-corrected chi connectivity index (χ3v) is 3.26. The average Bonchev–Trinajstić information content (AvgIpc) is 2.31. The van der Waals surface area contributed by atoms with E-state index in [1.807, 2.05) is 6.07 Å². The molecule has 3 rings (SSSR count). The zero-order valence-electron chi connectivity index (χ0n) is 9.47. The Balaban J connectivity index is 2.03. The molecule has 0 radical (unpaired) electrons. The minimum absolute atomic E-state index is 0.0657. The van der Waals surface area contributed by atoms with Crippen molar-refractivity contribution in [3.63, 3.8) is 0 Å². The van der Waals surface area contributed by atoms with Crippen LogP contribution in [0.2, 0.25) is 0 Å². The van der Waals surface area contributed by atoms with Gasteiger partial charge in [-0.2, -0.15) is 0 Å². The summed E-state index contributed by atoms with van der Waals surface area (Å²) in [7, 11) is 1.70. The quantitative estimate of drug-likeness (QED) is 0.758. The lowest BCUT2D eigenvalue weighted by Crippen LogP contribution is -2.46. The van der Waals surface area contributed by atoms with Gasteiger partial charge in [-0.3, -0.25) is 4.79 Å². The number of carbonyl (C=O) groups excluding carboxylic acids is 1. The molecule has 1 aromatic rings. The van der Waals surface area contributed by atoms with E-state index in [4.69, 9.17) is 9.47 Å². The van der Waals surface area contributed by atoms with Crippen molar-refractivity contribution >= 4 is 11.6 Å². The number of nitrogens with zero attached hydrogens (tertiary/aromatic N) is 1. The molecule has 5 nitrogen and oxygen atoms in total. The summed E-state index contributed by atoms with van der Waals surface area (Å²) in [5.74, 6) is 0.575. The summed E-state index contributed by atoms with van der Waals surface area (Å²) < 4.78 is 10.3. The van der Waals surface area contributed by atoms with Crippen molar-refractivity contribution in [3.05, 3.63) is 23.8 Å². The molecule has 5 heteroatoms. The maximum absolute atomic E-state index is 11.5. The number of rotatable bonds is 1. The molecular formula is C12H13NO4. The van der Waals surface area contributed by atoms with Crippen LogP contribution in [0.5, 0.6) is 5.75 Å². The largest absolute Gasteiger partial charge is 0.482 e. The van der Waals surface area contributed by atoms with E-state index in [1.54, 1.807) is 24.1 Å². The van der Waals surface area contributed by atoms with Gasteiger partial charge in [0.25, 0.3) is 5.91 Å². The summed E-state index contributed by atoms with van der Waals surface area (Å²) >= 11 is 0. The van der Waals surface area contributed by atoms with E-state index in [2.05, 4.69) is 0 Å². The summed E-state index contributed by atoms with van der Waals surface area (Å²) in [4.78, 5) is 13.1. The first-order valence-corrected chi connectivity index (χ1v) is 5.44. The summed E-state index contributed by atoms with van der Waals surface area (Å²) in [6.45, 7) is 0.658. The molecule has 0 atom stereocenters. The van der Waals surface area contributed by atoms with E-state index < -0.39 is 5.60 Å². The number of anilines is 1. The Morgan fingerprint density at radius 3 is 2.82 bits per heavy atom. The zero-order chi connectivity index (χ0) is 12.0. The lowest BCUT2D eigenvalue weighted by Gasteiger charge is -2.37. The zero-order valence-corrected chi connectivity index (χ0v) is 9.47. The number of hydrogen-bond donors (Lipinski definition) is 1. The van der Waals surface area contributed by atoms with Crippen molar-refractivity contribution in [1.29, 1.82) is 0 Å². The van der Waals surface area contributed by atoms with Crippen molar-refractivity contribution in [2.75, 3.05) is 31.8 Å². The number of hydrogen-bond acceptors (Lipinski definition) is 4. The lowest BCUT2D eigenvalue weighted by atomic mass is 9.91. The van der Waals surface area contributed by atoms with Crippen LogP contribution in [0.15, 0.2) is 18.2 Å². The van der Waals surface area contributed by atoms with Crippen LogP contribution >= 0.6 is 0 Å². The van der Waals surface area contributed by atoms with E-state index in [9.17, 15) is 9.90 Å². The fourth-order valence-corrected chi connectivity index (χ4v) is 2.02. The van der Waals surface area contributed by atoms with Crippen LogP contribution in [-0.2, 0) is 15.1 Å². The molecule has 0 bridgehead atoms. The maximum Gasteiger partial charge on any atom is 0.264 e. The van der Waals surface area contributed by atoms with Crippen molar-refractivity contribution in [2.24, 2.45) is 0 Å². The SMILES string of the molecule is CN1C(=O)COc2ccc(C3(O)COC3)cc21. The molecule has 1 N–H and O–H groups in total. The smallest absolute Gasteiger partial charge is 0.264 e. The van der Waals surface area contributed by atoms with Gasteiger partial charge in [0.2, 0.25) is 0 Å². The Morgan fingerprint density at radius 1 is 1.41 bits per heavy atom. The number of likely N-dealkylation sites (N-methyl/N-ethyl adjacent to an activating group) is 1. The Labute approximate surface area is 98.6 Å². The molecule has 1 amide bonds. The second kappa shape index (κ2) is 3.45. The highest BCUT2D eigenvalue weighted by Crippen LogP contribution is 2.37. The van der Waals surface area contributed by atoms with Gasteiger partial charge in [0, 0.05) is 7.05 Å². The molecule has 17 heavy (non-hydrogen) atoms. The third-order valence-electron chi connectivity index (χ3n) is 3.26. The highest BCUT2D eigenvalue weighted by Gasteiger charge is 2.39. The minimum atomic E-state index is -0.920. The van der Waals surface area contributed by atoms with E-state index in [0.29, 0.717) is 24.7 Å². The summed E-state index contributed by atoms with van der Waals surface area (Å²) in [5.41, 5.74) is 0.530. The topological polar surface area (TPSA) is 59.0 Å². The van der Waals surface area contributed by atoms with Crippen molar-refractivity contribution in [2.45, 2.75) is 5.60 Å². The van der Waals surface area contributed by atoms with Gasteiger partial charge in [0.05, 0.1) is 18.9 Å². The number of carbonyl (C=O) groups is 1. The molecule has 0 aliphatic carbocycles. The molecule has 2 aliphatic heterocycles. The molecule has 0 spiro atoms. The molecule has 2 heterocycles. The highest BCUT2D eigenvalue weighted by molar-refractivity contribution is 5.97. The van der Waals surface area contributed by atoms with Crippen molar-refractivity contribution in [1.82, 2.24) is 0 Å². The first-order valence-electron chi connectivity index (χ1n) is 5.44. The Hall–Kier alpha value is -1.59. The molecule has 0 saturated carbocycles. The molecule has 0 aromatic heterocycles. The Kier molecular flexibility index (Phi) is 2.14. The fourth-order valence-electron chi connectivity index (χ4n) is 2.02. The second-order valence-electron chi connectivity index (χ2n) is 4.45. The van der Waals surface area contributed by atoms with Gasteiger partial charge in [-0.1, -0.05) is 6.07 Å². The van der Waals surface area contributed by atoms with Crippen LogP contribution in [0.25, 0.3) is 0 Å². The van der Waals surface area contributed by atoms with Crippen molar-refractivity contribution < 1.29 is 19.4 Å². The first-order chi connectivity index (χ1) is 8.10. The summed E-state index contributed by atoms with van der Waals surface area (Å²) in [6, 6.07) is 5.38. The lowest BCUT2D eigenvalue weighted by molar-refractivity contribution is -0.184. The monoisotopic (exact) mass is 235 g/mol. The van der Waals surface area contributed by atoms with E-state index in [-0.39, 0.29) is 12.5 Å². The highest BCUT2D eigenvalue weighted by atomic mass is 16.5. The minimum Gasteiger partial charge on any atom is -0.482 e. The molecule has 0 unspecified atom stereocenters. The predicted molar refractivity (Wildman–Crippen MR) is 60.1 cm³/mol. The van der Waals surface area contributed by atoms with Crippen LogP contribution in [0, 0.1) is 0 Å². The van der Waals surface area contributed by atoms with Gasteiger partial charge in [-0.25, -0.2) is 0 Å². The fraction of sp³-hybridized carbons (Fsp3) is 0.417. The van der Waals surface area contributed by atoms with Crippen LogP contribution in [0.4, 0.5) is 5.69 Å². The predicted octanol–water partition coefficient (Wildman–Crippen LogP) is 0.260. The summed E-state index contributed by atoms with van der Waals surface area (Å²) in [5, 5.41) is 10.2. The number of amides is 1. The molecule has 90 valence electrons. The van der Waals surface area contributed by atoms with Gasteiger partial charge in [-0.15, -0.1) is 0 Å². The number of ether oxygens (including phenoxy) is 2. The Bertz CT molecular complexity index is 481. The Morgan fingerprint density at radius 2 is 2.18 bits per heavy atom. The molecule has 2 aliphatic rings. The summed E-state index contributed by atoms with van der Waals surface area (Å²) in [6.07, 6.45) is 0. The van der Waals surface area contributed by atoms with Crippen LogP contribution in [-0.4, -0.2) is 37.9 Å². The molecule has 1 aromatic carbocycles. The van der Waals surface area contributed by atoms with Gasteiger partial charge in [0.1, 0.15) is 11.4 Å². The van der Waals surface area contributed by atoms with Gasteiger partial charge in [-0.05, 0) is 17.7 Å². The van der Waals surface area contributed by atoms with Crippen LogP contribution in [0.1, 0.15) is 5.56 Å². The van der Waals surface area contributed by atoms with Crippen LogP contribution < -0.4 is 9.64 Å². The molecule has 1 saturated heterocycles. The van der Waals surface area contributed by atoms with Crippen LogP contribution in [0.3, 0.4) is 0 Å². The first kappa shape index (κ1) is 10.6. The van der Waals surface area contributed by atoms with E-state index in [1.165, 1.54) is 0 Å². The normalized spacial score (nSPS) is 21.5. The molecule has 1 fully saturated rings. The van der Waals surface area contributed by atoms with E-state index in [0.717, 1.165) is 5.56 Å². The second-order valence-corrected chi connectivity index (χ2v) is 4.45. The molecular weight excluding hydrogens is 222 g/mol. The average molecular weight is 235 g/mol.